The van der Waals surface area contributed by atoms with E-state index in [0.29, 0.717) is 5.02 Å². The first kappa shape index (κ1) is 17.6. The van der Waals surface area contributed by atoms with Crippen molar-refractivity contribution < 1.29 is 0 Å². The Balaban J connectivity index is 1.86. The second-order valence-corrected chi connectivity index (χ2v) is 7.60. The molecule has 0 amide bonds. The van der Waals surface area contributed by atoms with E-state index in [9.17, 15) is 0 Å². The third kappa shape index (κ3) is 3.91. The Kier molecular flexibility index (Phi) is 5.21. The van der Waals surface area contributed by atoms with E-state index in [4.69, 9.17) is 16.6 Å². The van der Waals surface area contributed by atoms with Gasteiger partial charge in [0.1, 0.15) is 0 Å². The van der Waals surface area contributed by atoms with Crippen molar-refractivity contribution in [3.05, 3.63) is 69.1 Å². The van der Waals surface area contributed by atoms with E-state index in [1.165, 1.54) is 11.1 Å². The predicted octanol–water partition coefficient (Wildman–Crippen LogP) is 5.86. The Hall–Kier alpha value is -2.17. The number of aryl methyl sites for hydroxylation is 3. The van der Waals surface area contributed by atoms with Crippen LogP contribution in [-0.4, -0.2) is 18.2 Å². The zero-order valence-corrected chi connectivity index (χ0v) is 16.3. The van der Waals surface area contributed by atoms with E-state index >= 15 is 0 Å². The van der Waals surface area contributed by atoms with Crippen molar-refractivity contribution in [2.75, 3.05) is 12.1 Å². The number of hydrogen-bond donors (Lipinski definition) is 0. The van der Waals surface area contributed by atoms with Crippen LogP contribution in [0.15, 0.2) is 47.6 Å². The van der Waals surface area contributed by atoms with E-state index in [2.05, 4.69) is 44.1 Å². The molecule has 1 aromatic heterocycles. The molecule has 3 nitrogen and oxygen atoms in total. The number of rotatable bonds is 4. The van der Waals surface area contributed by atoms with Crippen molar-refractivity contribution in [3.8, 4) is 11.3 Å². The molecule has 1 heterocycles. The van der Waals surface area contributed by atoms with Gasteiger partial charge >= 0.3 is 0 Å². The fourth-order valence-corrected chi connectivity index (χ4v) is 3.66. The topological polar surface area (TPSA) is 28.5 Å². The lowest BCUT2D eigenvalue weighted by Crippen LogP contribution is -2.08. The molecule has 3 rings (SSSR count). The van der Waals surface area contributed by atoms with Gasteiger partial charge in [0.15, 0.2) is 0 Å². The highest BCUT2D eigenvalue weighted by Crippen LogP contribution is 2.35. The molecule has 0 aliphatic carbocycles. The average molecular weight is 370 g/mol. The monoisotopic (exact) mass is 369 g/mol. The highest BCUT2D eigenvalue weighted by Gasteiger charge is 2.14. The van der Waals surface area contributed by atoms with Gasteiger partial charge in [-0.3, -0.25) is 0 Å². The number of hydrazone groups is 1. The largest absolute Gasteiger partial charge is 0.242 e. The molecule has 3 aromatic rings. The summed E-state index contributed by atoms with van der Waals surface area (Å²) in [5.41, 5.74) is 5.44. The van der Waals surface area contributed by atoms with Gasteiger partial charge in [-0.05, 0) is 38.0 Å². The summed E-state index contributed by atoms with van der Waals surface area (Å²) in [5.74, 6) is 0. The molecule has 0 N–H and O–H groups in total. The van der Waals surface area contributed by atoms with Gasteiger partial charge in [-0.1, -0.05) is 64.9 Å². The van der Waals surface area contributed by atoms with Crippen molar-refractivity contribution >= 4 is 34.3 Å². The SMILES string of the molecule is Cc1ccc(/C=N/N(C)c2nc(-c3ccccc3Cl)c(C)s2)c(C)c1. The first-order valence-corrected chi connectivity index (χ1v) is 9.22. The number of thiazole rings is 1. The lowest BCUT2D eigenvalue weighted by atomic mass is 10.1. The zero-order chi connectivity index (χ0) is 18.0. The molecule has 2 aromatic carbocycles. The Bertz CT molecular complexity index is 930. The van der Waals surface area contributed by atoms with Gasteiger partial charge in [0.2, 0.25) is 5.13 Å². The van der Waals surface area contributed by atoms with Crippen molar-refractivity contribution in [1.82, 2.24) is 4.98 Å². The fraction of sp³-hybridized carbons (Fsp3) is 0.200. The molecule has 5 heteroatoms. The number of benzene rings is 2. The van der Waals surface area contributed by atoms with Crippen LogP contribution in [0.25, 0.3) is 11.3 Å². The fourth-order valence-electron chi connectivity index (χ4n) is 2.59. The van der Waals surface area contributed by atoms with Gasteiger partial charge in [-0.25, -0.2) is 9.99 Å². The highest BCUT2D eigenvalue weighted by molar-refractivity contribution is 7.16. The molecule has 0 aliphatic heterocycles. The van der Waals surface area contributed by atoms with Crippen LogP contribution in [0.2, 0.25) is 5.02 Å². The summed E-state index contributed by atoms with van der Waals surface area (Å²) in [6.07, 6.45) is 1.88. The quantitative estimate of drug-likeness (QED) is 0.425. The molecule has 128 valence electrons. The predicted molar refractivity (Wildman–Crippen MR) is 109 cm³/mol. The van der Waals surface area contributed by atoms with Crippen LogP contribution in [0.4, 0.5) is 5.13 Å². The summed E-state index contributed by atoms with van der Waals surface area (Å²) in [6.45, 7) is 6.24. The van der Waals surface area contributed by atoms with Crippen molar-refractivity contribution in [2.24, 2.45) is 5.10 Å². The van der Waals surface area contributed by atoms with E-state index in [-0.39, 0.29) is 0 Å². The lowest BCUT2D eigenvalue weighted by molar-refractivity contribution is 1.01. The highest BCUT2D eigenvalue weighted by atomic mass is 35.5. The second-order valence-electron chi connectivity index (χ2n) is 6.01. The molecular formula is C20H20ClN3S. The van der Waals surface area contributed by atoms with E-state index in [0.717, 1.165) is 26.8 Å². The summed E-state index contributed by atoms with van der Waals surface area (Å²) < 4.78 is 0. The molecule has 0 saturated heterocycles. The molecular weight excluding hydrogens is 350 g/mol. The van der Waals surface area contributed by atoms with Gasteiger partial charge < -0.3 is 0 Å². The third-order valence-corrected chi connectivity index (χ3v) is 5.35. The number of nitrogens with zero attached hydrogens (tertiary/aromatic N) is 3. The van der Waals surface area contributed by atoms with Gasteiger partial charge in [0.05, 0.1) is 11.9 Å². The van der Waals surface area contributed by atoms with Crippen molar-refractivity contribution in [3.63, 3.8) is 0 Å². The molecule has 0 bridgehead atoms. The lowest BCUT2D eigenvalue weighted by Gasteiger charge is -2.09. The molecule has 0 atom stereocenters. The van der Waals surface area contributed by atoms with Crippen LogP contribution in [0.5, 0.6) is 0 Å². The Morgan fingerprint density at radius 3 is 2.60 bits per heavy atom. The van der Waals surface area contributed by atoms with Crippen molar-refractivity contribution in [2.45, 2.75) is 20.8 Å². The third-order valence-electron chi connectivity index (χ3n) is 3.99. The number of aromatic nitrogens is 1. The van der Waals surface area contributed by atoms with E-state index < -0.39 is 0 Å². The summed E-state index contributed by atoms with van der Waals surface area (Å²) in [4.78, 5) is 5.86. The smallest absolute Gasteiger partial charge is 0.206 e. The number of halogens is 1. The average Bonchev–Trinajstić information content (AvgIpc) is 2.96. The Labute approximate surface area is 157 Å². The van der Waals surface area contributed by atoms with Crippen LogP contribution in [0.1, 0.15) is 21.6 Å². The first-order chi connectivity index (χ1) is 12.0. The van der Waals surface area contributed by atoms with E-state index in [1.54, 1.807) is 16.3 Å². The normalized spacial score (nSPS) is 11.2. The molecule has 0 aliphatic rings. The molecule has 0 unspecified atom stereocenters. The summed E-state index contributed by atoms with van der Waals surface area (Å²) >= 11 is 7.92. The number of anilines is 1. The molecule has 0 fully saturated rings. The summed E-state index contributed by atoms with van der Waals surface area (Å²) in [5, 5.41) is 7.90. The van der Waals surface area contributed by atoms with E-state index in [1.807, 2.05) is 37.5 Å². The Morgan fingerprint density at radius 1 is 1.12 bits per heavy atom. The van der Waals surface area contributed by atoms with Crippen LogP contribution < -0.4 is 5.01 Å². The van der Waals surface area contributed by atoms with Crippen LogP contribution >= 0.6 is 22.9 Å². The van der Waals surface area contributed by atoms with Gasteiger partial charge in [-0.15, -0.1) is 0 Å². The summed E-state index contributed by atoms with van der Waals surface area (Å²) in [6, 6.07) is 14.1. The van der Waals surface area contributed by atoms with Gasteiger partial charge in [-0.2, -0.15) is 5.10 Å². The van der Waals surface area contributed by atoms with Crippen LogP contribution in [0, 0.1) is 20.8 Å². The first-order valence-electron chi connectivity index (χ1n) is 8.03. The maximum Gasteiger partial charge on any atom is 0.206 e. The van der Waals surface area contributed by atoms with Crippen LogP contribution in [-0.2, 0) is 0 Å². The summed E-state index contributed by atoms with van der Waals surface area (Å²) in [7, 11) is 1.91. The minimum Gasteiger partial charge on any atom is -0.242 e. The maximum atomic E-state index is 6.31. The molecule has 0 saturated carbocycles. The van der Waals surface area contributed by atoms with Crippen LogP contribution in [0.3, 0.4) is 0 Å². The van der Waals surface area contributed by atoms with Crippen molar-refractivity contribution in [1.29, 1.82) is 0 Å². The Morgan fingerprint density at radius 2 is 1.88 bits per heavy atom. The standard InChI is InChI=1S/C20H20ClN3S/c1-13-9-10-16(14(2)11-13)12-22-24(4)20-23-19(15(3)25-20)17-7-5-6-8-18(17)21/h5-12H,1-4H3/b22-12+. The van der Waals surface area contributed by atoms with Gasteiger partial charge in [0.25, 0.3) is 0 Å². The minimum atomic E-state index is 0.712. The number of hydrogen-bond acceptors (Lipinski definition) is 4. The second kappa shape index (κ2) is 7.38. The molecule has 0 radical (unpaired) electrons. The molecule has 0 spiro atoms. The zero-order valence-electron chi connectivity index (χ0n) is 14.7. The minimum absolute atomic E-state index is 0.712. The maximum absolute atomic E-state index is 6.31. The molecule has 25 heavy (non-hydrogen) atoms. The van der Waals surface area contributed by atoms with Gasteiger partial charge in [0, 0.05) is 22.5 Å².